The minimum atomic E-state index is -1.10. The van der Waals surface area contributed by atoms with Crippen molar-refractivity contribution >= 4 is 17.8 Å². The molecule has 0 aromatic heterocycles. The minimum Gasteiger partial charge on any atom is -0.493 e. The van der Waals surface area contributed by atoms with Crippen molar-refractivity contribution in [1.29, 1.82) is 0 Å². The fourth-order valence-corrected chi connectivity index (χ4v) is 7.78. The van der Waals surface area contributed by atoms with Gasteiger partial charge in [0, 0.05) is 6.54 Å². The number of carboxylic acids is 1. The second-order valence-electron chi connectivity index (χ2n) is 13.8. The molecule has 1 aliphatic heterocycles. The molecule has 3 aromatic rings. The molecule has 1 saturated heterocycles. The molecule has 3 aromatic carbocycles. The fraction of sp³-hybridized carbons (Fsp3) is 0.500. The van der Waals surface area contributed by atoms with Crippen LogP contribution in [0.25, 0.3) is 0 Å². The second-order valence-corrected chi connectivity index (χ2v) is 13.8. The van der Waals surface area contributed by atoms with E-state index in [9.17, 15) is 19.5 Å². The SMILES string of the molecule is COc1ccc(CCC(OC(=O)[C@@H]2CCCCN2C(=O)C(c2cc(OC)c(OC)c(OC)c2)C2CCCCC2)c2cccc(OCC(=O)O)c2)cc1OC. The van der Waals surface area contributed by atoms with Crippen LogP contribution in [0.15, 0.2) is 54.6 Å². The molecule has 1 heterocycles. The number of rotatable bonds is 17. The molecule has 1 saturated carbocycles. The van der Waals surface area contributed by atoms with Crippen LogP contribution in [0.5, 0.6) is 34.5 Å². The fourth-order valence-electron chi connectivity index (χ4n) is 7.78. The van der Waals surface area contributed by atoms with E-state index in [1.54, 1.807) is 58.6 Å². The number of hydrogen-bond donors (Lipinski definition) is 1. The Morgan fingerprint density at radius 3 is 2.07 bits per heavy atom. The van der Waals surface area contributed by atoms with Crippen molar-refractivity contribution in [2.24, 2.45) is 5.92 Å². The number of aliphatic carboxylic acids is 1. The predicted molar refractivity (Wildman–Crippen MR) is 201 cm³/mol. The summed E-state index contributed by atoms with van der Waals surface area (Å²) in [6, 6.07) is 15.5. The van der Waals surface area contributed by atoms with Gasteiger partial charge >= 0.3 is 11.9 Å². The van der Waals surface area contributed by atoms with Gasteiger partial charge in [0.2, 0.25) is 11.7 Å². The number of ether oxygens (including phenoxy) is 7. The molecule has 0 radical (unpaired) electrons. The number of nitrogens with zero attached hydrogens (tertiary/aromatic N) is 1. The van der Waals surface area contributed by atoms with Crippen LogP contribution in [-0.4, -0.2) is 82.6 Å². The molecule has 54 heavy (non-hydrogen) atoms. The third-order valence-corrected chi connectivity index (χ3v) is 10.5. The van der Waals surface area contributed by atoms with Crippen molar-refractivity contribution in [2.75, 3.05) is 48.7 Å². The summed E-state index contributed by atoms with van der Waals surface area (Å²) in [5, 5.41) is 9.18. The Kier molecular flexibility index (Phi) is 14.3. The molecule has 5 rings (SSSR count). The molecule has 1 aliphatic carbocycles. The number of piperidine rings is 1. The zero-order valence-electron chi connectivity index (χ0n) is 32.0. The summed E-state index contributed by atoms with van der Waals surface area (Å²) in [5.41, 5.74) is 2.37. The van der Waals surface area contributed by atoms with Crippen molar-refractivity contribution in [1.82, 2.24) is 4.90 Å². The summed E-state index contributed by atoms with van der Waals surface area (Å²) >= 11 is 0. The first-order chi connectivity index (χ1) is 26.2. The molecule has 2 aliphatic rings. The van der Waals surface area contributed by atoms with Gasteiger partial charge in [0.25, 0.3) is 0 Å². The van der Waals surface area contributed by atoms with Crippen LogP contribution in [0.2, 0.25) is 0 Å². The quantitative estimate of drug-likeness (QED) is 0.141. The van der Waals surface area contributed by atoms with E-state index in [1.165, 1.54) is 0 Å². The van der Waals surface area contributed by atoms with E-state index < -0.39 is 36.6 Å². The zero-order chi connectivity index (χ0) is 38.6. The van der Waals surface area contributed by atoms with E-state index in [2.05, 4.69) is 0 Å². The van der Waals surface area contributed by atoms with Crippen LogP contribution in [0.4, 0.5) is 0 Å². The maximum atomic E-state index is 14.9. The molecule has 12 nitrogen and oxygen atoms in total. The van der Waals surface area contributed by atoms with E-state index in [1.807, 2.05) is 36.4 Å². The van der Waals surface area contributed by atoms with Crippen LogP contribution < -0.4 is 28.4 Å². The monoisotopic (exact) mass is 747 g/mol. The van der Waals surface area contributed by atoms with E-state index in [4.69, 9.17) is 33.2 Å². The predicted octanol–water partition coefficient (Wildman–Crippen LogP) is 7.16. The number of carbonyl (C=O) groups is 3. The highest BCUT2D eigenvalue weighted by Gasteiger charge is 2.41. The number of methoxy groups -OCH3 is 5. The highest BCUT2D eigenvalue weighted by atomic mass is 16.5. The molecule has 0 bridgehead atoms. The van der Waals surface area contributed by atoms with Gasteiger partial charge < -0.3 is 43.2 Å². The average Bonchev–Trinajstić information content (AvgIpc) is 3.21. The largest absolute Gasteiger partial charge is 0.493 e. The lowest BCUT2D eigenvalue weighted by molar-refractivity contribution is -0.163. The van der Waals surface area contributed by atoms with Gasteiger partial charge in [-0.25, -0.2) is 9.59 Å². The van der Waals surface area contributed by atoms with Crippen molar-refractivity contribution in [3.8, 4) is 34.5 Å². The Balaban J connectivity index is 1.45. The third kappa shape index (κ3) is 9.69. The van der Waals surface area contributed by atoms with Gasteiger partial charge in [0.05, 0.1) is 41.5 Å². The van der Waals surface area contributed by atoms with Crippen molar-refractivity contribution < 1.29 is 52.6 Å². The van der Waals surface area contributed by atoms with Crippen molar-refractivity contribution in [3.63, 3.8) is 0 Å². The summed E-state index contributed by atoms with van der Waals surface area (Å²) in [4.78, 5) is 42.3. The minimum absolute atomic E-state index is 0.0791. The molecule has 2 fully saturated rings. The molecule has 3 atom stereocenters. The van der Waals surface area contributed by atoms with E-state index in [0.29, 0.717) is 65.9 Å². The first-order valence-corrected chi connectivity index (χ1v) is 18.7. The first kappa shape index (κ1) is 40.1. The Labute approximate surface area is 317 Å². The number of carbonyl (C=O) groups excluding carboxylic acids is 2. The molecule has 1 N–H and O–H groups in total. The Morgan fingerprint density at radius 1 is 0.741 bits per heavy atom. The summed E-state index contributed by atoms with van der Waals surface area (Å²) in [5.74, 6) is 0.809. The van der Waals surface area contributed by atoms with Crippen LogP contribution in [-0.2, 0) is 25.5 Å². The van der Waals surface area contributed by atoms with Gasteiger partial charge in [-0.05, 0) is 104 Å². The first-order valence-electron chi connectivity index (χ1n) is 18.7. The normalized spacial score (nSPS) is 17.1. The zero-order valence-corrected chi connectivity index (χ0v) is 32.0. The second kappa shape index (κ2) is 19.3. The Bertz CT molecular complexity index is 1710. The van der Waals surface area contributed by atoms with Gasteiger partial charge in [-0.2, -0.15) is 0 Å². The van der Waals surface area contributed by atoms with Gasteiger partial charge in [0.15, 0.2) is 29.6 Å². The van der Waals surface area contributed by atoms with E-state index >= 15 is 0 Å². The number of esters is 1. The average molecular weight is 748 g/mol. The van der Waals surface area contributed by atoms with Gasteiger partial charge in [0.1, 0.15) is 17.9 Å². The topological polar surface area (TPSA) is 139 Å². The maximum absolute atomic E-state index is 14.9. The number of aryl methyl sites for hydroxylation is 1. The number of hydrogen-bond acceptors (Lipinski definition) is 10. The van der Waals surface area contributed by atoms with Gasteiger partial charge in [-0.3, -0.25) is 4.79 Å². The Morgan fingerprint density at radius 2 is 1.43 bits per heavy atom. The van der Waals surface area contributed by atoms with E-state index in [-0.39, 0.29) is 11.8 Å². The molecule has 12 heteroatoms. The number of carboxylic acid groups (broad SMARTS) is 1. The number of likely N-dealkylation sites (tertiary alicyclic amines) is 1. The molecule has 1 amide bonds. The highest BCUT2D eigenvalue weighted by Crippen LogP contribution is 2.45. The van der Waals surface area contributed by atoms with E-state index in [0.717, 1.165) is 56.1 Å². The lowest BCUT2D eigenvalue weighted by Crippen LogP contribution is -2.51. The lowest BCUT2D eigenvalue weighted by Gasteiger charge is -2.40. The summed E-state index contributed by atoms with van der Waals surface area (Å²) in [6.07, 6.45) is 7.20. The summed E-state index contributed by atoms with van der Waals surface area (Å²) in [7, 11) is 7.82. The molecule has 2 unspecified atom stereocenters. The van der Waals surface area contributed by atoms with Crippen LogP contribution >= 0.6 is 0 Å². The number of amides is 1. The highest BCUT2D eigenvalue weighted by molar-refractivity contribution is 5.89. The van der Waals surface area contributed by atoms with Crippen LogP contribution in [0.1, 0.15) is 86.5 Å². The maximum Gasteiger partial charge on any atom is 0.341 e. The summed E-state index contributed by atoms with van der Waals surface area (Å²) < 4.78 is 39.7. The van der Waals surface area contributed by atoms with Gasteiger partial charge in [-0.1, -0.05) is 37.5 Å². The Hall–Kier alpha value is -5.13. The van der Waals surface area contributed by atoms with Gasteiger partial charge in [-0.15, -0.1) is 0 Å². The van der Waals surface area contributed by atoms with Crippen molar-refractivity contribution in [3.05, 3.63) is 71.3 Å². The van der Waals surface area contributed by atoms with Crippen LogP contribution in [0.3, 0.4) is 0 Å². The van der Waals surface area contributed by atoms with Crippen LogP contribution in [0, 0.1) is 5.92 Å². The third-order valence-electron chi connectivity index (χ3n) is 10.5. The lowest BCUT2D eigenvalue weighted by atomic mass is 9.75. The molecule has 292 valence electrons. The standard InChI is InChI=1S/C42H53NO11/c1-48-34-20-18-27(22-35(34)49-2)17-19-33(29-14-11-15-31(23-29)53-26-38(44)45)54-42(47)32-16-9-10-21-43(32)41(46)39(28-12-7-6-8-13-28)30-24-36(50-3)40(52-5)37(25-30)51-4/h11,14-15,18,20,22-25,28,32-33,39H,6-10,12-13,16-17,19,21,26H2,1-5H3,(H,44,45)/t32-,33?,39?/m0/s1. The summed E-state index contributed by atoms with van der Waals surface area (Å²) in [6.45, 7) is -0.0755. The number of benzene rings is 3. The molecule has 0 spiro atoms. The smallest absolute Gasteiger partial charge is 0.341 e. The van der Waals surface area contributed by atoms with Crippen molar-refractivity contribution in [2.45, 2.75) is 82.3 Å². The molecular formula is C42H53NO11. The molecular weight excluding hydrogens is 694 g/mol.